The second-order valence-corrected chi connectivity index (χ2v) is 9.00. The molecule has 5 N–H and O–H groups in total. The highest BCUT2D eigenvalue weighted by molar-refractivity contribution is 6.10. The number of carboxylic acids is 1. The maximum absolute atomic E-state index is 16.3. The number of rotatable bonds is 7. The predicted octanol–water partition coefficient (Wildman–Crippen LogP) is 1.88. The fourth-order valence-electron chi connectivity index (χ4n) is 4.86. The SMILES string of the molecule is CNC(=O)[C@@H]1CCCN1c1ccc(C(=NCC(=O)O)NC(=O)[C@H](C)N)c(C2CCCCC2)c1F. The van der Waals surface area contributed by atoms with Crippen LogP contribution in [0.2, 0.25) is 0 Å². The Labute approximate surface area is 199 Å². The number of hydrogen-bond donors (Lipinski definition) is 4. The van der Waals surface area contributed by atoms with E-state index in [0.29, 0.717) is 29.8 Å². The van der Waals surface area contributed by atoms with Crippen LogP contribution in [-0.2, 0) is 14.4 Å². The van der Waals surface area contributed by atoms with E-state index >= 15 is 4.39 Å². The molecule has 1 aromatic rings. The Balaban J connectivity index is 2.12. The van der Waals surface area contributed by atoms with E-state index in [1.165, 1.54) is 6.92 Å². The van der Waals surface area contributed by atoms with Gasteiger partial charge in [-0.1, -0.05) is 19.3 Å². The molecule has 1 aliphatic heterocycles. The molecule has 2 atom stereocenters. The third kappa shape index (κ3) is 5.72. The first-order valence-electron chi connectivity index (χ1n) is 11.9. The number of carbonyl (C=O) groups excluding carboxylic acids is 2. The highest BCUT2D eigenvalue weighted by Gasteiger charge is 2.34. The van der Waals surface area contributed by atoms with E-state index in [4.69, 9.17) is 10.8 Å². The smallest absolute Gasteiger partial charge is 0.325 e. The number of nitrogens with two attached hydrogens (primary N) is 1. The molecule has 186 valence electrons. The van der Waals surface area contributed by atoms with Gasteiger partial charge in [-0.15, -0.1) is 0 Å². The quantitative estimate of drug-likeness (QED) is 0.351. The Hall–Kier alpha value is -3.01. The Kier molecular flexibility index (Phi) is 8.60. The maximum atomic E-state index is 16.3. The number of likely N-dealkylation sites (N-methyl/N-ethyl adjacent to an activating group) is 1. The molecule has 0 unspecified atom stereocenters. The average molecular weight is 476 g/mol. The Bertz CT molecular complexity index is 959. The van der Waals surface area contributed by atoms with Gasteiger partial charge in [0.1, 0.15) is 18.4 Å². The van der Waals surface area contributed by atoms with Gasteiger partial charge in [-0.2, -0.15) is 0 Å². The molecule has 0 bridgehead atoms. The standard InChI is InChI=1S/C24H34FN5O4/c1-14(26)23(33)29-22(28-13-19(31)32)16-10-11-17(30-12-6-9-18(30)24(34)27-2)21(25)20(16)15-7-4-3-5-8-15/h10-11,14-15,18H,3-9,12-13,26H2,1-2H3,(H,27,34)(H,31,32)(H,28,29,33)/t14-,18-/m0/s1. The second-order valence-electron chi connectivity index (χ2n) is 9.00. The van der Waals surface area contributed by atoms with Crippen molar-refractivity contribution in [1.82, 2.24) is 10.6 Å². The van der Waals surface area contributed by atoms with Crippen molar-refractivity contribution in [3.8, 4) is 0 Å². The van der Waals surface area contributed by atoms with Gasteiger partial charge in [-0.3, -0.25) is 19.4 Å². The van der Waals surface area contributed by atoms with Crippen LogP contribution in [0.15, 0.2) is 17.1 Å². The summed E-state index contributed by atoms with van der Waals surface area (Å²) < 4.78 is 16.3. The molecule has 2 fully saturated rings. The lowest BCUT2D eigenvalue weighted by molar-refractivity contribution is -0.135. The molecule has 1 heterocycles. The zero-order valence-electron chi connectivity index (χ0n) is 19.8. The summed E-state index contributed by atoms with van der Waals surface area (Å²) >= 11 is 0. The minimum absolute atomic E-state index is 0.00000310. The second kappa shape index (κ2) is 11.4. The summed E-state index contributed by atoms with van der Waals surface area (Å²) in [5, 5.41) is 14.4. The molecule has 34 heavy (non-hydrogen) atoms. The number of carboxylic acid groups (broad SMARTS) is 1. The number of nitrogens with one attached hydrogen (secondary N) is 2. The number of hydrogen-bond acceptors (Lipinski definition) is 6. The molecule has 1 aromatic carbocycles. The van der Waals surface area contributed by atoms with Crippen molar-refractivity contribution in [2.24, 2.45) is 10.7 Å². The van der Waals surface area contributed by atoms with Crippen molar-refractivity contribution in [1.29, 1.82) is 0 Å². The van der Waals surface area contributed by atoms with Crippen LogP contribution in [0.1, 0.15) is 68.9 Å². The number of benzene rings is 1. The lowest BCUT2D eigenvalue weighted by Gasteiger charge is -2.30. The van der Waals surface area contributed by atoms with Gasteiger partial charge in [0.15, 0.2) is 5.82 Å². The van der Waals surface area contributed by atoms with E-state index in [2.05, 4.69) is 15.6 Å². The molecule has 10 heteroatoms. The van der Waals surface area contributed by atoms with Crippen molar-refractivity contribution in [3.05, 3.63) is 29.1 Å². The summed E-state index contributed by atoms with van der Waals surface area (Å²) in [7, 11) is 1.57. The minimum atomic E-state index is -1.17. The van der Waals surface area contributed by atoms with E-state index in [-0.39, 0.29) is 17.7 Å². The summed E-state index contributed by atoms with van der Waals surface area (Å²) in [5.74, 6) is -2.42. The zero-order chi connectivity index (χ0) is 24.8. The van der Waals surface area contributed by atoms with Crippen molar-refractivity contribution in [2.45, 2.75) is 69.9 Å². The molecule has 1 aliphatic carbocycles. The normalized spacial score (nSPS) is 20.2. The zero-order valence-corrected chi connectivity index (χ0v) is 19.8. The van der Waals surface area contributed by atoms with Gasteiger partial charge < -0.3 is 26.4 Å². The molecule has 0 aromatic heterocycles. The van der Waals surface area contributed by atoms with E-state index < -0.39 is 36.3 Å². The van der Waals surface area contributed by atoms with Crippen LogP contribution in [0.5, 0.6) is 0 Å². The largest absolute Gasteiger partial charge is 0.480 e. The van der Waals surface area contributed by atoms with Crippen LogP contribution in [0, 0.1) is 5.82 Å². The summed E-state index contributed by atoms with van der Waals surface area (Å²) in [6.45, 7) is 1.48. The maximum Gasteiger partial charge on any atom is 0.325 e. The van der Waals surface area contributed by atoms with Gasteiger partial charge in [0, 0.05) is 24.7 Å². The Morgan fingerprint density at radius 1 is 1.21 bits per heavy atom. The van der Waals surface area contributed by atoms with Gasteiger partial charge in [0.25, 0.3) is 0 Å². The van der Waals surface area contributed by atoms with E-state index in [1.54, 1.807) is 24.1 Å². The third-order valence-corrected chi connectivity index (χ3v) is 6.57. The fourth-order valence-corrected chi connectivity index (χ4v) is 4.86. The van der Waals surface area contributed by atoms with Crippen LogP contribution >= 0.6 is 0 Å². The fraction of sp³-hybridized carbons (Fsp3) is 0.583. The highest BCUT2D eigenvalue weighted by Crippen LogP contribution is 2.40. The van der Waals surface area contributed by atoms with E-state index in [1.807, 2.05) is 0 Å². The molecular formula is C24H34FN5O4. The van der Waals surface area contributed by atoms with Crippen molar-refractivity contribution < 1.29 is 23.9 Å². The number of halogens is 1. The highest BCUT2D eigenvalue weighted by atomic mass is 19.1. The van der Waals surface area contributed by atoms with Crippen molar-refractivity contribution in [2.75, 3.05) is 25.0 Å². The van der Waals surface area contributed by atoms with Crippen molar-refractivity contribution in [3.63, 3.8) is 0 Å². The third-order valence-electron chi connectivity index (χ3n) is 6.57. The topological polar surface area (TPSA) is 137 Å². The van der Waals surface area contributed by atoms with Crippen LogP contribution in [0.3, 0.4) is 0 Å². The number of aliphatic imine (C=N–C) groups is 1. The van der Waals surface area contributed by atoms with Crippen LogP contribution in [0.4, 0.5) is 10.1 Å². The van der Waals surface area contributed by atoms with Crippen LogP contribution in [0.25, 0.3) is 0 Å². The summed E-state index contributed by atoms with van der Waals surface area (Å²) in [6.07, 6.45) is 5.93. The van der Waals surface area contributed by atoms with Gasteiger partial charge >= 0.3 is 5.97 Å². The van der Waals surface area contributed by atoms with E-state index in [0.717, 1.165) is 38.5 Å². The van der Waals surface area contributed by atoms with Crippen LogP contribution in [-0.4, -0.2) is 60.9 Å². The monoisotopic (exact) mass is 475 g/mol. The predicted molar refractivity (Wildman–Crippen MR) is 127 cm³/mol. The summed E-state index contributed by atoms with van der Waals surface area (Å²) in [5.41, 5.74) is 6.80. The van der Waals surface area contributed by atoms with Gasteiger partial charge in [-0.25, -0.2) is 4.39 Å². The first-order valence-corrected chi connectivity index (χ1v) is 11.9. The number of aliphatic carboxylic acids is 1. The number of carbonyl (C=O) groups is 3. The molecule has 3 rings (SSSR count). The van der Waals surface area contributed by atoms with Gasteiger partial charge in [-0.05, 0) is 50.7 Å². The van der Waals surface area contributed by atoms with Gasteiger partial charge in [0.05, 0.1) is 11.7 Å². The minimum Gasteiger partial charge on any atom is -0.480 e. The molecule has 2 amide bonds. The van der Waals surface area contributed by atoms with Gasteiger partial charge in [0.2, 0.25) is 11.8 Å². The molecule has 9 nitrogen and oxygen atoms in total. The number of amidine groups is 1. The molecule has 2 aliphatic rings. The Morgan fingerprint density at radius 2 is 1.91 bits per heavy atom. The Morgan fingerprint density at radius 3 is 2.53 bits per heavy atom. The summed E-state index contributed by atoms with van der Waals surface area (Å²) in [4.78, 5) is 41.8. The summed E-state index contributed by atoms with van der Waals surface area (Å²) in [6, 6.07) is 1.95. The number of amides is 2. The number of nitrogens with zero attached hydrogens (tertiary/aromatic N) is 2. The first-order chi connectivity index (χ1) is 16.2. The molecule has 1 saturated heterocycles. The molecule has 0 radical (unpaired) electrons. The molecule has 1 saturated carbocycles. The first kappa shape index (κ1) is 25.6. The number of anilines is 1. The lowest BCUT2D eigenvalue weighted by Crippen LogP contribution is -2.43. The lowest BCUT2D eigenvalue weighted by atomic mass is 9.81. The van der Waals surface area contributed by atoms with E-state index in [9.17, 15) is 14.4 Å². The van der Waals surface area contributed by atoms with Crippen molar-refractivity contribution >= 4 is 29.3 Å². The van der Waals surface area contributed by atoms with Crippen LogP contribution < -0.4 is 21.3 Å². The average Bonchev–Trinajstić information content (AvgIpc) is 3.30. The molecular weight excluding hydrogens is 441 g/mol. The molecule has 0 spiro atoms.